The zero-order chi connectivity index (χ0) is 10.7. The van der Waals surface area contributed by atoms with E-state index in [2.05, 4.69) is 24.8 Å². The smallest absolute Gasteiger partial charge is 0.0327 e. The average Bonchev–Trinajstić information content (AvgIpc) is 2.29. The largest absolute Gasteiger partial charge is 0.0984 e. The third-order valence-electron chi connectivity index (χ3n) is 2.38. The van der Waals surface area contributed by atoms with Crippen LogP contribution in [-0.2, 0) is 0 Å². The van der Waals surface area contributed by atoms with Gasteiger partial charge in [0.2, 0.25) is 0 Å². The van der Waals surface area contributed by atoms with Gasteiger partial charge in [-0.25, -0.2) is 0 Å². The number of rotatable bonds is 2. The van der Waals surface area contributed by atoms with Crippen molar-refractivity contribution in [3.05, 3.63) is 60.2 Å². The summed E-state index contributed by atoms with van der Waals surface area (Å²) in [4.78, 5) is 0. The summed E-state index contributed by atoms with van der Waals surface area (Å²) in [5.74, 6) is 0. The van der Waals surface area contributed by atoms with Crippen LogP contribution in [0, 0.1) is 12.1 Å². The van der Waals surface area contributed by atoms with E-state index in [0.29, 0.717) is 0 Å². The van der Waals surface area contributed by atoms with Crippen LogP contribution in [0.3, 0.4) is 0 Å². The van der Waals surface area contributed by atoms with Crippen LogP contribution < -0.4 is 0 Å². The van der Waals surface area contributed by atoms with Gasteiger partial charge in [-0.15, -0.1) is 0 Å². The molecule has 0 heteroatoms. The molecule has 2 aromatic rings. The molecule has 0 unspecified atom stereocenters. The van der Waals surface area contributed by atoms with Crippen LogP contribution in [0.15, 0.2) is 36.9 Å². The van der Waals surface area contributed by atoms with Gasteiger partial charge in [-0.1, -0.05) is 55.1 Å². The van der Waals surface area contributed by atoms with Gasteiger partial charge in [-0.3, -0.25) is 0 Å². The summed E-state index contributed by atoms with van der Waals surface area (Å²) in [5, 5.41) is 2.26. The van der Waals surface area contributed by atoms with Gasteiger partial charge >= 0.3 is 0 Å². The van der Waals surface area contributed by atoms with E-state index < -0.39 is 0 Å². The summed E-state index contributed by atoms with van der Waals surface area (Å²) in [6.07, 6.45) is 5.91. The quantitative estimate of drug-likeness (QED) is 0.671. The highest BCUT2D eigenvalue weighted by Crippen LogP contribution is 2.21. The Bertz CT molecular complexity index is 519. The molecule has 0 amide bonds. The minimum atomic E-state index is 1.05. The zero-order valence-corrected chi connectivity index (χ0v) is 8.75. The predicted molar refractivity (Wildman–Crippen MR) is 66.4 cm³/mol. The summed E-state index contributed by atoms with van der Waals surface area (Å²) in [7, 11) is 0. The molecule has 0 radical (unpaired) electrons. The highest BCUT2D eigenvalue weighted by atomic mass is 14.0. The van der Waals surface area contributed by atoms with E-state index in [1.807, 2.05) is 43.4 Å². The third-order valence-corrected chi connectivity index (χ3v) is 2.38. The Morgan fingerprint density at radius 2 is 2.00 bits per heavy atom. The zero-order valence-electron chi connectivity index (χ0n) is 8.75. The first kappa shape index (κ1) is 9.55. The van der Waals surface area contributed by atoms with Gasteiger partial charge in [-0.2, -0.15) is 0 Å². The summed E-state index contributed by atoms with van der Waals surface area (Å²) in [6.45, 7) is 5.85. The SMILES string of the molecule is C=Cc1c(/C=C\C)c#cc2ccccc12. The molecule has 72 valence electrons. The molecule has 0 atom stereocenters. The van der Waals surface area contributed by atoms with E-state index in [4.69, 9.17) is 0 Å². The van der Waals surface area contributed by atoms with Crippen molar-refractivity contribution in [2.75, 3.05) is 0 Å². The first-order chi connectivity index (χ1) is 7.36. The van der Waals surface area contributed by atoms with Crippen molar-refractivity contribution in [3.63, 3.8) is 0 Å². The lowest BCUT2D eigenvalue weighted by Crippen LogP contribution is -1.81. The molecule has 0 saturated carbocycles. The van der Waals surface area contributed by atoms with Gasteiger partial charge in [0.05, 0.1) is 0 Å². The van der Waals surface area contributed by atoms with Crippen LogP contribution in [0.4, 0.5) is 0 Å². The summed E-state index contributed by atoms with van der Waals surface area (Å²) in [6, 6.07) is 14.5. The predicted octanol–water partition coefficient (Wildman–Crippen LogP) is 4.12. The highest BCUT2D eigenvalue weighted by molar-refractivity contribution is 5.92. The van der Waals surface area contributed by atoms with Crippen LogP contribution >= 0.6 is 0 Å². The standard InChI is InChI=1S/C15H12/c1-3-7-12-10-11-13-8-5-6-9-15(13)14(12)4-2/h3-9H,2H2,1H3/b7-3-. The minimum Gasteiger partial charge on any atom is -0.0984 e. The van der Waals surface area contributed by atoms with Crippen molar-refractivity contribution in [2.45, 2.75) is 6.92 Å². The summed E-state index contributed by atoms with van der Waals surface area (Å²) in [5.41, 5.74) is 2.17. The lowest BCUT2D eigenvalue weighted by molar-refractivity contribution is 1.67. The second kappa shape index (κ2) is 4.02. The van der Waals surface area contributed by atoms with Gasteiger partial charge in [0.25, 0.3) is 0 Å². The lowest BCUT2D eigenvalue weighted by Gasteiger charge is -2.02. The normalized spacial score (nSPS) is 10.5. The Balaban J connectivity index is 2.81. The van der Waals surface area contributed by atoms with Crippen LogP contribution in [0.25, 0.3) is 22.9 Å². The van der Waals surface area contributed by atoms with Crippen LogP contribution in [-0.4, -0.2) is 0 Å². The molecule has 0 aliphatic rings. The summed E-state index contributed by atoms with van der Waals surface area (Å²) >= 11 is 0. The molecule has 0 bridgehead atoms. The molecule has 2 aromatic carbocycles. The van der Waals surface area contributed by atoms with Crippen LogP contribution in [0.2, 0.25) is 0 Å². The molecule has 0 nitrogen and oxygen atoms in total. The first-order valence-corrected chi connectivity index (χ1v) is 4.97. The molecule has 15 heavy (non-hydrogen) atoms. The number of hydrogen-bond acceptors (Lipinski definition) is 0. The highest BCUT2D eigenvalue weighted by Gasteiger charge is 2.00. The van der Waals surface area contributed by atoms with E-state index in [1.54, 1.807) is 0 Å². The molecule has 0 aromatic heterocycles. The fourth-order valence-corrected chi connectivity index (χ4v) is 1.69. The topological polar surface area (TPSA) is 0 Å². The van der Waals surface area contributed by atoms with E-state index in [-0.39, 0.29) is 0 Å². The molecule has 0 N–H and O–H groups in total. The van der Waals surface area contributed by atoms with Gasteiger partial charge in [0.1, 0.15) is 0 Å². The molecule has 0 fully saturated rings. The van der Waals surface area contributed by atoms with Crippen molar-refractivity contribution >= 4 is 22.9 Å². The van der Waals surface area contributed by atoms with Crippen molar-refractivity contribution in [1.29, 1.82) is 0 Å². The Morgan fingerprint density at radius 1 is 1.20 bits per heavy atom. The van der Waals surface area contributed by atoms with Gasteiger partial charge < -0.3 is 0 Å². The summed E-state index contributed by atoms with van der Waals surface area (Å²) < 4.78 is 0. The van der Waals surface area contributed by atoms with Crippen molar-refractivity contribution in [2.24, 2.45) is 0 Å². The lowest BCUT2D eigenvalue weighted by atomic mass is 10.0. The van der Waals surface area contributed by atoms with Gasteiger partial charge in [0.15, 0.2) is 0 Å². The number of benzene rings is 1. The molecule has 0 heterocycles. The maximum Gasteiger partial charge on any atom is 0.0327 e. The maximum absolute atomic E-state index is 3.86. The van der Waals surface area contributed by atoms with Crippen molar-refractivity contribution < 1.29 is 0 Å². The Kier molecular flexibility index (Phi) is 2.56. The first-order valence-electron chi connectivity index (χ1n) is 4.97. The fourth-order valence-electron chi connectivity index (χ4n) is 1.69. The Labute approximate surface area is 90.6 Å². The number of allylic oxidation sites excluding steroid dienone is 1. The van der Waals surface area contributed by atoms with E-state index in [9.17, 15) is 0 Å². The van der Waals surface area contributed by atoms with Crippen LogP contribution in [0.5, 0.6) is 0 Å². The monoisotopic (exact) mass is 192 g/mol. The second-order valence-electron chi connectivity index (χ2n) is 3.33. The molecule has 0 aliphatic heterocycles. The van der Waals surface area contributed by atoms with Crippen molar-refractivity contribution in [1.82, 2.24) is 0 Å². The fraction of sp³-hybridized carbons (Fsp3) is 0.0667. The molecule has 2 rings (SSSR count). The van der Waals surface area contributed by atoms with Crippen LogP contribution in [0.1, 0.15) is 18.1 Å². The third kappa shape index (κ3) is 1.65. The van der Waals surface area contributed by atoms with E-state index in [0.717, 1.165) is 16.5 Å². The van der Waals surface area contributed by atoms with E-state index >= 15 is 0 Å². The average molecular weight is 192 g/mol. The maximum atomic E-state index is 3.86. The molecule has 0 saturated heterocycles. The molecule has 0 aliphatic carbocycles. The molecule has 0 spiro atoms. The number of fused-ring (bicyclic) bond motifs is 1. The second-order valence-corrected chi connectivity index (χ2v) is 3.33. The van der Waals surface area contributed by atoms with Crippen molar-refractivity contribution in [3.8, 4) is 0 Å². The Morgan fingerprint density at radius 3 is 2.73 bits per heavy atom. The van der Waals surface area contributed by atoms with Gasteiger partial charge in [-0.05, 0) is 23.9 Å². The Hall–Kier alpha value is -2.00. The van der Waals surface area contributed by atoms with E-state index in [1.165, 1.54) is 5.39 Å². The molecular formula is C15H12. The number of hydrogen-bond donors (Lipinski definition) is 0. The molecular weight excluding hydrogens is 180 g/mol. The minimum absolute atomic E-state index is 1.05. The van der Waals surface area contributed by atoms with Gasteiger partial charge in [0, 0.05) is 10.9 Å².